The number of aromatic nitrogens is 1. The first-order valence-electron chi connectivity index (χ1n) is 9.15. The molecule has 0 spiro atoms. The van der Waals surface area contributed by atoms with E-state index in [2.05, 4.69) is 10.3 Å². The summed E-state index contributed by atoms with van der Waals surface area (Å²) in [5.41, 5.74) is 0.980. The molecule has 2 atom stereocenters. The standard InChI is InChI=1S/C20H24ClF2N3O/c1-14-2-4-16(25-11-14)12-24-13-20(23)6-8-26(9-7-20)19(27)15-3-5-18(22)17(21)10-15/h2-5,10-11,17-18,24H,6-9,12-13H2,1H3. The minimum Gasteiger partial charge on any atom is -0.338 e. The van der Waals surface area contributed by atoms with Crippen LogP contribution < -0.4 is 5.32 Å². The number of hydrogen-bond acceptors (Lipinski definition) is 3. The van der Waals surface area contributed by atoms with E-state index in [-0.39, 0.29) is 25.3 Å². The SMILES string of the molecule is Cc1ccc(CNCC2(F)CCN(C(=O)C3=CC(Cl)C(F)C=C3)CC2)nc1. The van der Waals surface area contributed by atoms with Gasteiger partial charge in [-0.15, -0.1) is 11.6 Å². The summed E-state index contributed by atoms with van der Waals surface area (Å²) in [4.78, 5) is 18.4. The molecule has 1 N–H and O–H groups in total. The van der Waals surface area contributed by atoms with E-state index >= 15 is 4.39 Å². The first kappa shape index (κ1) is 20.0. The van der Waals surface area contributed by atoms with Crippen molar-refractivity contribution in [1.82, 2.24) is 15.2 Å². The molecule has 1 fully saturated rings. The Kier molecular flexibility index (Phi) is 6.27. The third kappa shape index (κ3) is 5.14. The molecule has 3 rings (SSSR count). The van der Waals surface area contributed by atoms with E-state index in [9.17, 15) is 9.18 Å². The molecular weight excluding hydrogens is 372 g/mol. The Hall–Kier alpha value is -1.79. The molecule has 1 aliphatic carbocycles. The number of alkyl halides is 3. The second-order valence-corrected chi connectivity index (χ2v) is 7.75. The lowest BCUT2D eigenvalue weighted by Crippen LogP contribution is -2.49. The molecule has 1 saturated heterocycles. The Morgan fingerprint density at radius 2 is 2.15 bits per heavy atom. The number of nitrogens with zero attached hydrogens (tertiary/aromatic N) is 2. The zero-order valence-electron chi connectivity index (χ0n) is 15.3. The number of nitrogens with one attached hydrogen (secondary N) is 1. The maximum absolute atomic E-state index is 15.0. The van der Waals surface area contributed by atoms with E-state index in [0.717, 1.165) is 11.3 Å². The van der Waals surface area contributed by atoms with Gasteiger partial charge in [0.25, 0.3) is 5.91 Å². The van der Waals surface area contributed by atoms with Gasteiger partial charge in [0, 0.05) is 50.8 Å². The molecule has 146 valence electrons. The maximum atomic E-state index is 15.0. The van der Waals surface area contributed by atoms with Crippen molar-refractivity contribution < 1.29 is 13.6 Å². The molecule has 2 heterocycles. The normalized spacial score (nSPS) is 24.6. The summed E-state index contributed by atoms with van der Waals surface area (Å²) in [6.07, 6.45) is 5.22. The van der Waals surface area contributed by atoms with Gasteiger partial charge >= 0.3 is 0 Å². The molecule has 2 aliphatic rings. The highest BCUT2D eigenvalue weighted by molar-refractivity contribution is 6.23. The number of hydrogen-bond donors (Lipinski definition) is 1. The average Bonchev–Trinajstić information content (AvgIpc) is 2.66. The van der Waals surface area contributed by atoms with Crippen molar-refractivity contribution in [3.63, 3.8) is 0 Å². The van der Waals surface area contributed by atoms with Crippen LogP contribution in [0.1, 0.15) is 24.1 Å². The minimum atomic E-state index is -1.35. The third-order valence-corrected chi connectivity index (χ3v) is 5.38. The highest BCUT2D eigenvalue weighted by Crippen LogP contribution is 2.28. The number of piperidine rings is 1. The number of allylic oxidation sites excluding steroid dienone is 2. The fourth-order valence-electron chi connectivity index (χ4n) is 3.25. The number of halogens is 3. The average molecular weight is 396 g/mol. The van der Waals surface area contributed by atoms with Crippen LogP contribution in [0.4, 0.5) is 8.78 Å². The Labute approximate surface area is 163 Å². The van der Waals surface area contributed by atoms with Crippen LogP contribution >= 0.6 is 11.6 Å². The van der Waals surface area contributed by atoms with Crippen molar-refractivity contribution >= 4 is 17.5 Å². The monoisotopic (exact) mass is 395 g/mol. The quantitative estimate of drug-likeness (QED) is 0.778. The zero-order valence-corrected chi connectivity index (χ0v) is 16.1. The van der Waals surface area contributed by atoms with Crippen molar-refractivity contribution in [2.75, 3.05) is 19.6 Å². The van der Waals surface area contributed by atoms with Crippen LogP contribution in [0.3, 0.4) is 0 Å². The first-order chi connectivity index (χ1) is 12.9. The number of likely N-dealkylation sites (tertiary alicyclic amines) is 1. The first-order valence-corrected chi connectivity index (χ1v) is 9.59. The summed E-state index contributed by atoms with van der Waals surface area (Å²) in [6, 6.07) is 3.90. The molecule has 0 saturated carbocycles. The fraction of sp³-hybridized carbons (Fsp3) is 0.500. The van der Waals surface area contributed by atoms with E-state index in [1.807, 2.05) is 19.1 Å². The van der Waals surface area contributed by atoms with E-state index in [1.165, 1.54) is 18.2 Å². The summed E-state index contributed by atoms with van der Waals surface area (Å²) in [7, 11) is 0. The van der Waals surface area contributed by atoms with Crippen molar-refractivity contribution in [1.29, 1.82) is 0 Å². The lowest BCUT2D eigenvalue weighted by Gasteiger charge is -2.37. The zero-order chi connectivity index (χ0) is 19.4. The van der Waals surface area contributed by atoms with Crippen molar-refractivity contribution in [3.8, 4) is 0 Å². The van der Waals surface area contributed by atoms with Gasteiger partial charge in [0.15, 0.2) is 0 Å². The maximum Gasteiger partial charge on any atom is 0.253 e. The van der Waals surface area contributed by atoms with E-state index in [1.54, 1.807) is 11.1 Å². The van der Waals surface area contributed by atoms with Crippen LogP contribution in [0, 0.1) is 6.92 Å². The Balaban J connectivity index is 1.47. The van der Waals surface area contributed by atoms with Crippen LogP contribution in [0.2, 0.25) is 0 Å². The van der Waals surface area contributed by atoms with Crippen molar-refractivity contribution in [2.45, 2.75) is 43.5 Å². The number of amides is 1. The molecule has 0 aromatic carbocycles. The van der Waals surface area contributed by atoms with Crippen LogP contribution in [0.15, 0.2) is 42.1 Å². The van der Waals surface area contributed by atoms with E-state index in [4.69, 9.17) is 11.6 Å². The lowest BCUT2D eigenvalue weighted by molar-refractivity contribution is -0.129. The number of aryl methyl sites for hydroxylation is 1. The van der Waals surface area contributed by atoms with Gasteiger partial charge in [-0.2, -0.15) is 0 Å². The minimum absolute atomic E-state index is 0.220. The van der Waals surface area contributed by atoms with Crippen molar-refractivity contribution in [3.05, 3.63) is 53.4 Å². The Bertz CT molecular complexity index is 727. The third-order valence-electron chi connectivity index (χ3n) is 5.02. The molecule has 4 nitrogen and oxygen atoms in total. The second kappa shape index (κ2) is 8.48. The second-order valence-electron chi connectivity index (χ2n) is 7.24. The number of carbonyl (C=O) groups is 1. The van der Waals surface area contributed by atoms with Crippen LogP contribution in [0.25, 0.3) is 0 Å². The fourth-order valence-corrected chi connectivity index (χ4v) is 3.47. The highest BCUT2D eigenvalue weighted by atomic mass is 35.5. The Morgan fingerprint density at radius 1 is 1.41 bits per heavy atom. The summed E-state index contributed by atoms with van der Waals surface area (Å²) < 4.78 is 28.4. The summed E-state index contributed by atoms with van der Waals surface area (Å²) >= 11 is 5.86. The van der Waals surface area contributed by atoms with Crippen LogP contribution in [-0.2, 0) is 11.3 Å². The predicted octanol–water partition coefficient (Wildman–Crippen LogP) is 3.25. The van der Waals surface area contributed by atoms with Gasteiger partial charge in [0.1, 0.15) is 11.8 Å². The molecule has 7 heteroatoms. The smallest absolute Gasteiger partial charge is 0.253 e. The molecular formula is C20H24ClF2N3O. The van der Waals surface area contributed by atoms with Crippen LogP contribution in [-0.4, -0.2) is 52.6 Å². The molecule has 1 aromatic rings. The Morgan fingerprint density at radius 3 is 2.78 bits per heavy atom. The van der Waals surface area contributed by atoms with E-state index < -0.39 is 17.2 Å². The van der Waals surface area contributed by atoms with Gasteiger partial charge in [-0.05, 0) is 24.6 Å². The summed E-state index contributed by atoms with van der Waals surface area (Å²) in [6.45, 7) is 3.36. The van der Waals surface area contributed by atoms with E-state index in [0.29, 0.717) is 25.2 Å². The lowest BCUT2D eigenvalue weighted by atomic mass is 9.92. The molecule has 1 amide bonds. The number of rotatable bonds is 5. The summed E-state index contributed by atoms with van der Waals surface area (Å²) in [5.74, 6) is -0.220. The van der Waals surface area contributed by atoms with Crippen LogP contribution in [0.5, 0.6) is 0 Å². The molecule has 1 aromatic heterocycles. The van der Waals surface area contributed by atoms with Gasteiger partial charge in [0.05, 0.1) is 11.1 Å². The summed E-state index contributed by atoms with van der Waals surface area (Å²) in [5, 5.41) is 2.29. The molecule has 27 heavy (non-hydrogen) atoms. The molecule has 2 unspecified atom stereocenters. The van der Waals surface area contributed by atoms with Gasteiger partial charge in [0.2, 0.25) is 0 Å². The largest absolute Gasteiger partial charge is 0.338 e. The van der Waals surface area contributed by atoms with Gasteiger partial charge in [-0.1, -0.05) is 18.2 Å². The highest BCUT2D eigenvalue weighted by Gasteiger charge is 2.36. The molecule has 1 aliphatic heterocycles. The van der Waals surface area contributed by atoms with Gasteiger partial charge in [-0.3, -0.25) is 9.78 Å². The number of carbonyl (C=O) groups excluding carboxylic acids is 1. The number of pyridine rings is 1. The van der Waals surface area contributed by atoms with Crippen molar-refractivity contribution in [2.24, 2.45) is 0 Å². The molecule has 0 bridgehead atoms. The van der Waals surface area contributed by atoms with Gasteiger partial charge in [-0.25, -0.2) is 8.78 Å². The predicted molar refractivity (Wildman–Crippen MR) is 102 cm³/mol. The van der Waals surface area contributed by atoms with Gasteiger partial charge < -0.3 is 10.2 Å². The topological polar surface area (TPSA) is 45.2 Å². The molecule has 0 radical (unpaired) electrons.